The molecule has 1 atom stereocenters. The molecule has 37 heavy (non-hydrogen) atoms. The molecule has 0 saturated carbocycles. The van der Waals surface area contributed by atoms with Crippen molar-refractivity contribution in [2.75, 3.05) is 33.9 Å². The summed E-state index contributed by atoms with van der Waals surface area (Å²) >= 11 is 6.66. The van der Waals surface area contributed by atoms with Gasteiger partial charge in [-0.3, -0.25) is 0 Å². The monoisotopic (exact) mass is 519 g/mol. The van der Waals surface area contributed by atoms with E-state index in [4.69, 9.17) is 30.8 Å². The number of nitrogens with one attached hydrogen (secondary N) is 1. The Bertz CT molecular complexity index is 1290. The molecule has 0 fully saturated rings. The predicted molar refractivity (Wildman–Crippen MR) is 146 cm³/mol. The molecule has 7 nitrogen and oxygen atoms in total. The standard InChI is InChI=1S/C29H30ClN3O4/c1-35-24-14-13-20(17-25(24)36-2)15-16-31-18-23(34)19-37-29-26(30)27(21-9-5-3-6-10-21)32-28(33-29)22-11-7-4-8-12-22/h3-14,17,23,31,34H,15-16,18-19H2,1-2H3. The minimum atomic E-state index is -0.753. The summed E-state index contributed by atoms with van der Waals surface area (Å²) in [5.41, 5.74) is 3.38. The molecule has 8 heteroatoms. The van der Waals surface area contributed by atoms with Crippen molar-refractivity contribution in [1.82, 2.24) is 15.3 Å². The largest absolute Gasteiger partial charge is 0.493 e. The first-order valence-corrected chi connectivity index (χ1v) is 12.4. The van der Waals surface area contributed by atoms with E-state index in [1.165, 1.54) is 0 Å². The zero-order valence-electron chi connectivity index (χ0n) is 20.9. The Hall–Kier alpha value is -3.65. The summed E-state index contributed by atoms with van der Waals surface area (Å²) in [5.74, 6) is 2.13. The zero-order chi connectivity index (χ0) is 26.0. The molecule has 0 aliphatic heterocycles. The Labute approximate surface area is 222 Å². The molecule has 1 aromatic heterocycles. The smallest absolute Gasteiger partial charge is 0.237 e. The van der Waals surface area contributed by atoms with E-state index >= 15 is 0 Å². The molecule has 2 N–H and O–H groups in total. The first-order valence-electron chi connectivity index (χ1n) is 12.0. The van der Waals surface area contributed by atoms with Crippen LogP contribution in [0.5, 0.6) is 17.4 Å². The maximum absolute atomic E-state index is 10.5. The molecule has 4 aromatic rings. The third kappa shape index (κ3) is 6.98. The molecule has 0 amide bonds. The second kappa shape index (κ2) is 13.1. The molecule has 0 saturated heterocycles. The van der Waals surface area contributed by atoms with Crippen LogP contribution in [0.1, 0.15) is 5.56 Å². The van der Waals surface area contributed by atoms with E-state index in [0.717, 1.165) is 23.1 Å². The van der Waals surface area contributed by atoms with Gasteiger partial charge in [-0.1, -0.05) is 78.3 Å². The maximum atomic E-state index is 10.5. The Morgan fingerprint density at radius 3 is 2.22 bits per heavy atom. The summed E-state index contributed by atoms with van der Waals surface area (Å²) in [5, 5.41) is 14.1. The zero-order valence-corrected chi connectivity index (χ0v) is 21.6. The second-order valence-electron chi connectivity index (χ2n) is 8.36. The summed E-state index contributed by atoms with van der Waals surface area (Å²) in [6, 6.07) is 25.1. The van der Waals surface area contributed by atoms with Crippen molar-refractivity contribution in [3.63, 3.8) is 0 Å². The fourth-order valence-electron chi connectivity index (χ4n) is 3.80. The van der Waals surface area contributed by atoms with Crippen molar-refractivity contribution in [3.05, 3.63) is 89.4 Å². The summed E-state index contributed by atoms with van der Waals surface area (Å²) in [6.45, 7) is 1.06. The number of hydrogen-bond acceptors (Lipinski definition) is 7. The van der Waals surface area contributed by atoms with Crippen molar-refractivity contribution in [2.45, 2.75) is 12.5 Å². The molecule has 4 rings (SSSR count). The summed E-state index contributed by atoms with van der Waals surface area (Å²) in [7, 11) is 3.23. The van der Waals surface area contributed by atoms with Gasteiger partial charge in [-0.2, -0.15) is 4.98 Å². The fraction of sp³-hybridized carbons (Fsp3) is 0.241. The number of rotatable bonds is 12. The lowest BCUT2D eigenvalue weighted by Crippen LogP contribution is -2.32. The van der Waals surface area contributed by atoms with E-state index in [1.54, 1.807) is 14.2 Å². The third-order valence-corrected chi connectivity index (χ3v) is 6.07. The number of ether oxygens (including phenoxy) is 3. The number of halogens is 1. The normalized spacial score (nSPS) is 11.7. The maximum Gasteiger partial charge on any atom is 0.237 e. The molecule has 1 unspecified atom stereocenters. The molecule has 0 spiro atoms. The van der Waals surface area contributed by atoms with Gasteiger partial charge in [0.1, 0.15) is 17.7 Å². The van der Waals surface area contributed by atoms with Crippen molar-refractivity contribution < 1.29 is 19.3 Å². The van der Waals surface area contributed by atoms with Crippen LogP contribution in [-0.2, 0) is 6.42 Å². The van der Waals surface area contributed by atoms with Crippen LogP contribution in [0.3, 0.4) is 0 Å². The van der Waals surface area contributed by atoms with Gasteiger partial charge in [-0.05, 0) is 30.7 Å². The summed E-state index contributed by atoms with van der Waals surface area (Å²) in [4.78, 5) is 9.25. The summed E-state index contributed by atoms with van der Waals surface area (Å²) < 4.78 is 16.5. The van der Waals surface area contributed by atoms with Crippen LogP contribution in [0.15, 0.2) is 78.9 Å². The number of aliphatic hydroxyl groups excluding tert-OH is 1. The molecule has 0 radical (unpaired) electrons. The highest BCUT2D eigenvalue weighted by molar-refractivity contribution is 6.34. The number of aromatic nitrogens is 2. The van der Waals surface area contributed by atoms with Crippen molar-refractivity contribution in [1.29, 1.82) is 0 Å². The Kier molecular flexibility index (Phi) is 9.32. The number of hydrogen-bond donors (Lipinski definition) is 2. The van der Waals surface area contributed by atoms with Gasteiger partial charge in [0.15, 0.2) is 17.3 Å². The van der Waals surface area contributed by atoms with Crippen molar-refractivity contribution >= 4 is 11.6 Å². The van der Waals surface area contributed by atoms with Gasteiger partial charge in [0.05, 0.1) is 19.9 Å². The van der Waals surface area contributed by atoms with Crippen LogP contribution in [0.2, 0.25) is 5.02 Å². The van der Waals surface area contributed by atoms with Gasteiger partial charge in [0, 0.05) is 17.7 Å². The van der Waals surface area contributed by atoms with Crippen molar-refractivity contribution in [2.24, 2.45) is 0 Å². The van der Waals surface area contributed by atoms with Gasteiger partial charge in [-0.25, -0.2) is 4.98 Å². The van der Waals surface area contributed by atoms with E-state index in [0.29, 0.717) is 41.1 Å². The Morgan fingerprint density at radius 1 is 0.865 bits per heavy atom. The van der Waals surface area contributed by atoms with E-state index in [1.807, 2.05) is 78.9 Å². The molecule has 192 valence electrons. The fourth-order valence-corrected chi connectivity index (χ4v) is 4.05. The number of nitrogens with zero attached hydrogens (tertiary/aromatic N) is 2. The average Bonchev–Trinajstić information content (AvgIpc) is 2.95. The first kappa shape index (κ1) is 26.4. The lowest BCUT2D eigenvalue weighted by molar-refractivity contribution is 0.104. The van der Waals surface area contributed by atoms with E-state index in [9.17, 15) is 5.11 Å². The Balaban J connectivity index is 1.38. The van der Waals surface area contributed by atoms with E-state index < -0.39 is 6.10 Å². The predicted octanol–water partition coefficient (Wildman–Crippen LogP) is 5.05. The topological polar surface area (TPSA) is 85.7 Å². The number of aliphatic hydroxyl groups is 1. The highest BCUT2D eigenvalue weighted by Crippen LogP contribution is 2.35. The molecular weight excluding hydrogens is 490 g/mol. The van der Waals surface area contributed by atoms with Crippen molar-refractivity contribution in [3.8, 4) is 40.0 Å². The van der Waals surface area contributed by atoms with Crippen LogP contribution in [0, 0.1) is 0 Å². The quantitative estimate of drug-likeness (QED) is 0.253. The molecule has 1 heterocycles. The number of benzene rings is 3. The van der Waals surface area contributed by atoms with Gasteiger partial charge in [0.2, 0.25) is 5.88 Å². The molecule has 0 bridgehead atoms. The molecule has 0 aliphatic rings. The van der Waals surface area contributed by atoms with E-state index in [2.05, 4.69) is 10.3 Å². The Morgan fingerprint density at radius 2 is 1.54 bits per heavy atom. The van der Waals surface area contributed by atoms with Crippen LogP contribution in [-0.4, -0.2) is 55.1 Å². The molecular formula is C29H30ClN3O4. The highest BCUT2D eigenvalue weighted by atomic mass is 35.5. The number of methoxy groups -OCH3 is 2. The van der Waals surface area contributed by atoms with Crippen LogP contribution in [0.25, 0.3) is 22.6 Å². The van der Waals surface area contributed by atoms with Crippen LogP contribution in [0.4, 0.5) is 0 Å². The minimum absolute atomic E-state index is 0.0303. The second-order valence-corrected chi connectivity index (χ2v) is 8.73. The van der Waals surface area contributed by atoms with Gasteiger partial charge in [0.25, 0.3) is 0 Å². The van der Waals surface area contributed by atoms with Gasteiger partial charge in [-0.15, -0.1) is 0 Å². The lowest BCUT2D eigenvalue weighted by Gasteiger charge is -2.16. The van der Waals surface area contributed by atoms with Crippen LogP contribution >= 0.6 is 11.6 Å². The molecule has 0 aliphatic carbocycles. The molecule has 3 aromatic carbocycles. The van der Waals surface area contributed by atoms with Gasteiger partial charge >= 0.3 is 0 Å². The van der Waals surface area contributed by atoms with E-state index in [-0.39, 0.29) is 12.5 Å². The minimum Gasteiger partial charge on any atom is -0.493 e. The third-order valence-electron chi connectivity index (χ3n) is 5.73. The highest BCUT2D eigenvalue weighted by Gasteiger charge is 2.18. The first-order chi connectivity index (χ1) is 18.1. The van der Waals surface area contributed by atoms with Crippen LogP contribution < -0.4 is 19.5 Å². The summed E-state index contributed by atoms with van der Waals surface area (Å²) in [6.07, 6.45) is 0.0174. The van der Waals surface area contributed by atoms with Gasteiger partial charge < -0.3 is 24.6 Å². The lowest BCUT2D eigenvalue weighted by atomic mass is 10.1. The average molecular weight is 520 g/mol. The SMILES string of the molecule is COc1ccc(CCNCC(O)COc2nc(-c3ccccc3)nc(-c3ccccc3)c2Cl)cc1OC.